The predicted octanol–water partition coefficient (Wildman–Crippen LogP) is 3.48. The zero-order chi connectivity index (χ0) is 12.0. The van der Waals surface area contributed by atoms with Gasteiger partial charge in [-0.2, -0.15) is 0 Å². The first-order valence-corrected chi connectivity index (χ1v) is 5.67. The van der Waals surface area contributed by atoms with Gasteiger partial charge in [0.1, 0.15) is 12.4 Å². The van der Waals surface area contributed by atoms with Gasteiger partial charge in [0.2, 0.25) is 0 Å². The van der Waals surface area contributed by atoms with Crippen LogP contribution in [0.25, 0.3) is 0 Å². The summed E-state index contributed by atoms with van der Waals surface area (Å²) in [7, 11) is 0. The lowest BCUT2D eigenvalue weighted by Gasteiger charge is -2.09. The fraction of sp³-hybridized carbons (Fsp3) is 0.429. The third kappa shape index (κ3) is 4.07. The molecule has 0 radical (unpaired) electrons. The molecule has 0 unspecified atom stereocenters. The number of hydrogen-bond acceptors (Lipinski definition) is 2. The lowest BCUT2D eigenvalue weighted by Crippen LogP contribution is -1.97. The highest BCUT2D eigenvalue weighted by atomic mass is 16.5. The van der Waals surface area contributed by atoms with Crippen LogP contribution >= 0.6 is 0 Å². The molecule has 0 fully saturated rings. The number of hydrogen-bond donors (Lipinski definition) is 1. The minimum atomic E-state index is -0.369. The zero-order valence-corrected chi connectivity index (χ0v) is 10.2. The van der Waals surface area contributed by atoms with E-state index >= 15 is 0 Å². The van der Waals surface area contributed by atoms with Gasteiger partial charge in [-0.3, -0.25) is 0 Å². The van der Waals surface area contributed by atoms with E-state index in [2.05, 4.69) is 0 Å². The van der Waals surface area contributed by atoms with E-state index in [0.29, 0.717) is 6.61 Å². The molecular weight excluding hydrogens is 200 g/mol. The van der Waals surface area contributed by atoms with E-state index in [1.807, 2.05) is 51.1 Å². The second-order valence-electron chi connectivity index (χ2n) is 4.09. The molecule has 0 bridgehead atoms. The molecule has 2 heteroatoms. The quantitative estimate of drug-likeness (QED) is 0.770. The number of aliphatic hydroxyl groups excluding tert-OH is 1. The van der Waals surface area contributed by atoms with Gasteiger partial charge in [-0.25, -0.2) is 0 Å². The fourth-order valence-electron chi connectivity index (χ4n) is 1.33. The summed E-state index contributed by atoms with van der Waals surface area (Å²) in [6.45, 7) is 6.65. The molecule has 1 rings (SSSR count). The van der Waals surface area contributed by atoms with Gasteiger partial charge in [0.05, 0.1) is 6.10 Å². The van der Waals surface area contributed by atoms with Crippen LogP contribution in [-0.4, -0.2) is 11.7 Å². The SMILES string of the molecule is CC[C@@H](O)c1ccc(OCC=C(C)C)cc1. The van der Waals surface area contributed by atoms with Crippen molar-refractivity contribution in [1.29, 1.82) is 0 Å². The van der Waals surface area contributed by atoms with Crippen LogP contribution in [0.2, 0.25) is 0 Å². The smallest absolute Gasteiger partial charge is 0.119 e. The molecule has 0 saturated heterocycles. The number of aliphatic hydroxyl groups is 1. The van der Waals surface area contributed by atoms with Gasteiger partial charge in [-0.1, -0.05) is 24.6 Å². The molecule has 16 heavy (non-hydrogen) atoms. The molecule has 0 aliphatic heterocycles. The van der Waals surface area contributed by atoms with E-state index in [0.717, 1.165) is 17.7 Å². The molecule has 0 aliphatic carbocycles. The molecule has 88 valence electrons. The maximum absolute atomic E-state index is 9.62. The Bertz CT molecular complexity index is 334. The van der Waals surface area contributed by atoms with Crippen molar-refractivity contribution >= 4 is 0 Å². The van der Waals surface area contributed by atoms with E-state index in [1.54, 1.807) is 0 Å². The fourth-order valence-corrected chi connectivity index (χ4v) is 1.33. The normalized spacial score (nSPS) is 12.0. The zero-order valence-electron chi connectivity index (χ0n) is 10.2. The average Bonchev–Trinajstić information content (AvgIpc) is 2.28. The van der Waals surface area contributed by atoms with Gasteiger partial charge >= 0.3 is 0 Å². The van der Waals surface area contributed by atoms with Gasteiger partial charge in [-0.15, -0.1) is 0 Å². The molecule has 0 amide bonds. The van der Waals surface area contributed by atoms with Crippen LogP contribution < -0.4 is 4.74 Å². The third-order valence-electron chi connectivity index (χ3n) is 2.39. The molecule has 1 aromatic carbocycles. The summed E-state index contributed by atoms with van der Waals surface area (Å²) in [5, 5.41) is 9.62. The Balaban J connectivity index is 2.54. The minimum Gasteiger partial charge on any atom is -0.490 e. The maximum atomic E-state index is 9.62. The molecule has 0 saturated carbocycles. The van der Waals surface area contributed by atoms with Gasteiger partial charge in [0.25, 0.3) is 0 Å². The highest BCUT2D eigenvalue weighted by Crippen LogP contribution is 2.19. The van der Waals surface area contributed by atoms with E-state index in [4.69, 9.17) is 4.74 Å². The molecular formula is C14H20O2. The van der Waals surface area contributed by atoms with Crippen molar-refractivity contribution in [1.82, 2.24) is 0 Å². The summed E-state index contributed by atoms with van der Waals surface area (Å²) in [5.41, 5.74) is 2.19. The van der Waals surface area contributed by atoms with Gasteiger partial charge < -0.3 is 9.84 Å². The molecule has 1 N–H and O–H groups in total. The summed E-state index contributed by atoms with van der Waals surface area (Å²) in [4.78, 5) is 0. The number of ether oxygens (including phenoxy) is 1. The molecule has 1 atom stereocenters. The first-order chi connectivity index (χ1) is 7.63. The van der Waals surface area contributed by atoms with Crippen LogP contribution in [0.15, 0.2) is 35.9 Å². The van der Waals surface area contributed by atoms with Crippen molar-refractivity contribution < 1.29 is 9.84 Å². The summed E-state index contributed by atoms with van der Waals surface area (Å²) < 4.78 is 5.53. The van der Waals surface area contributed by atoms with Gasteiger partial charge in [-0.05, 0) is 44.0 Å². The molecule has 1 aromatic rings. The highest BCUT2D eigenvalue weighted by molar-refractivity contribution is 5.28. The van der Waals surface area contributed by atoms with E-state index in [9.17, 15) is 5.11 Å². The summed E-state index contributed by atoms with van der Waals surface area (Å²) in [6.07, 6.45) is 2.40. The van der Waals surface area contributed by atoms with Crippen molar-refractivity contribution in [2.24, 2.45) is 0 Å². The molecule has 0 aliphatic rings. The molecule has 0 spiro atoms. The lowest BCUT2D eigenvalue weighted by atomic mass is 10.1. The predicted molar refractivity (Wildman–Crippen MR) is 66.6 cm³/mol. The molecule has 2 nitrogen and oxygen atoms in total. The van der Waals surface area contributed by atoms with Crippen molar-refractivity contribution in [3.05, 3.63) is 41.5 Å². The van der Waals surface area contributed by atoms with Crippen LogP contribution in [-0.2, 0) is 0 Å². The number of allylic oxidation sites excluding steroid dienone is 1. The topological polar surface area (TPSA) is 29.5 Å². The lowest BCUT2D eigenvalue weighted by molar-refractivity contribution is 0.173. The summed E-state index contributed by atoms with van der Waals surface area (Å²) >= 11 is 0. The van der Waals surface area contributed by atoms with Crippen molar-refractivity contribution in [3.8, 4) is 5.75 Å². The summed E-state index contributed by atoms with van der Waals surface area (Å²) in [5.74, 6) is 0.838. The standard InChI is InChI=1S/C14H20O2/c1-4-14(15)12-5-7-13(8-6-12)16-10-9-11(2)3/h5-9,14-15H,4,10H2,1-3H3/t14-/m1/s1. The van der Waals surface area contributed by atoms with Gasteiger partial charge in [0.15, 0.2) is 0 Å². The maximum Gasteiger partial charge on any atom is 0.119 e. The van der Waals surface area contributed by atoms with Crippen LogP contribution in [0.5, 0.6) is 5.75 Å². The van der Waals surface area contributed by atoms with E-state index in [-0.39, 0.29) is 6.10 Å². The average molecular weight is 220 g/mol. The molecule has 0 aromatic heterocycles. The van der Waals surface area contributed by atoms with Crippen LogP contribution in [0, 0.1) is 0 Å². The monoisotopic (exact) mass is 220 g/mol. The van der Waals surface area contributed by atoms with Crippen molar-refractivity contribution in [3.63, 3.8) is 0 Å². The first kappa shape index (κ1) is 12.8. The highest BCUT2D eigenvalue weighted by Gasteiger charge is 2.03. The van der Waals surface area contributed by atoms with E-state index < -0.39 is 0 Å². The first-order valence-electron chi connectivity index (χ1n) is 5.67. The second kappa shape index (κ2) is 6.33. The van der Waals surface area contributed by atoms with Crippen LogP contribution in [0.4, 0.5) is 0 Å². The van der Waals surface area contributed by atoms with E-state index in [1.165, 1.54) is 5.57 Å². The Hall–Kier alpha value is -1.28. The van der Waals surface area contributed by atoms with Crippen LogP contribution in [0.3, 0.4) is 0 Å². The number of benzene rings is 1. The Morgan fingerprint density at radius 3 is 2.44 bits per heavy atom. The Kier molecular flexibility index (Phi) is 5.06. The number of rotatable bonds is 5. The van der Waals surface area contributed by atoms with Crippen molar-refractivity contribution in [2.45, 2.75) is 33.3 Å². The van der Waals surface area contributed by atoms with Crippen molar-refractivity contribution in [2.75, 3.05) is 6.61 Å². The minimum absolute atomic E-state index is 0.369. The third-order valence-corrected chi connectivity index (χ3v) is 2.39. The Morgan fingerprint density at radius 2 is 1.94 bits per heavy atom. The van der Waals surface area contributed by atoms with Crippen LogP contribution in [0.1, 0.15) is 38.9 Å². The Morgan fingerprint density at radius 1 is 1.31 bits per heavy atom. The Labute approximate surface area is 97.6 Å². The van der Waals surface area contributed by atoms with Gasteiger partial charge in [0, 0.05) is 0 Å². The largest absolute Gasteiger partial charge is 0.490 e. The molecule has 0 heterocycles. The second-order valence-corrected chi connectivity index (χ2v) is 4.09. The summed E-state index contributed by atoms with van der Waals surface area (Å²) in [6, 6.07) is 7.61.